The van der Waals surface area contributed by atoms with Gasteiger partial charge in [-0.3, -0.25) is 0 Å². The summed E-state index contributed by atoms with van der Waals surface area (Å²) in [4.78, 5) is 4.44. The highest BCUT2D eigenvalue weighted by Crippen LogP contribution is 2.53. The lowest BCUT2D eigenvalue weighted by Gasteiger charge is -2.23. The fourth-order valence-corrected chi connectivity index (χ4v) is 10.8. The van der Waals surface area contributed by atoms with E-state index < -0.39 is 0 Å². The molecule has 4 nitrogen and oxygen atoms in total. The molecule has 0 aliphatic rings. The Bertz CT molecular complexity index is 3890. The van der Waals surface area contributed by atoms with Crippen molar-refractivity contribution >= 4 is 70.8 Å². The van der Waals surface area contributed by atoms with E-state index in [0.717, 1.165) is 99.5 Å². The summed E-state index contributed by atoms with van der Waals surface area (Å²) in [5.41, 5.74) is 14.3. The predicted octanol–water partition coefficient (Wildman–Crippen LogP) is 17.3. The molecule has 11 aromatic carbocycles. The molecule has 0 atom stereocenters. The molecule has 0 amide bonds. The number of benzene rings is 11. The van der Waals surface area contributed by atoms with Gasteiger partial charge in [0, 0.05) is 32.9 Å². The van der Waals surface area contributed by atoms with Gasteiger partial charge in [0.1, 0.15) is 6.07 Å². The minimum atomic E-state index is 0.507. The molecule has 4 heteroatoms. The molecule has 0 unspecified atom stereocenters. The third-order valence-electron chi connectivity index (χ3n) is 13.7. The zero-order valence-electron chi connectivity index (χ0n) is 36.7. The average Bonchev–Trinajstić information content (AvgIpc) is 3.93. The second-order valence-corrected chi connectivity index (χ2v) is 17.4. The van der Waals surface area contributed by atoms with E-state index in [2.05, 4.69) is 214 Å². The first-order valence-electron chi connectivity index (χ1n) is 22.8. The Morgan fingerprint density at radius 3 is 1.10 bits per heavy atom. The van der Waals surface area contributed by atoms with Crippen LogP contribution >= 0.6 is 0 Å². The Balaban J connectivity index is 1.02. The summed E-state index contributed by atoms with van der Waals surface area (Å²) in [5.74, 6) is 0. The van der Waals surface area contributed by atoms with Crippen LogP contribution in [0.2, 0.25) is 0 Å². The van der Waals surface area contributed by atoms with Crippen LogP contribution in [0.5, 0.6) is 0 Å². The van der Waals surface area contributed by atoms with Gasteiger partial charge in [-0.1, -0.05) is 170 Å². The molecule has 0 saturated heterocycles. The van der Waals surface area contributed by atoms with Crippen molar-refractivity contribution in [1.82, 2.24) is 9.13 Å². The first-order chi connectivity index (χ1) is 33.7. The first-order valence-corrected chi connectivity index (χ1v) is 22.8. The zero-order valence-corrected chi connectivity index (χ0v) is 36.7. The summed E-state index contributed by atoms with van der Waals surface area (Å²) in [6, 6.07) is 83.3. The van der Waals surface area contributed by atoms with E-state index in [1.54, 1.807) is 0 Å². The van der Waals surface area contributed by atoms with Crippen molar-refractivity contribution in [3.05, 3.63) is 248 Å². The molecule has 0 radical (unpaired) electrons. The molecule has 13 aromatic rings. The van der Waals surface area contributed by atoms with Gasteiger partial charge >= 0.3 is 0 Å². The van der Waals surface area contributed by atoms with Crippen LogP contribution in [-0.2, 0) is 0 Å². The molecule has 68 heavy (non-hydrogen) atoms. The molecule has 2 aromatic heterocycles. The van der Waals surface area contributed by atoms with Gasteiger partial charge in [-0.05, 0) is 127 Å². The number of nitriles is 1. The molecule has 0 bridgehead atoms. The molecular weight excluding hydrogens is 825 g/mol. The second-order valence-electron chi connectivity index (χ2n) is 17.4. The molecule has 0 aliphatic carbocycles. The van der Waals surface area contributed by atoms with Gasteiger partial charge in [-0.2, -0.15) is 5.26 Å². The number of nitrogens with zero attached hydrogens (tertiary/aromatic N) is 4. The van der Waals surface area contributed by atoms with E-state index in [1.165, 1.54) is 21.5 Å². The van der Waals surface area contributed by atoms with Crippen LogP contribution in [-0.4, -0.2) is 9.13 Å². The average molecular weight is 863 g/mol. The smallest absolute Gasteiger partial charge is 0.203 e. The summed E-state index contributed by atoms with van der Waals surface area (Å²) in [6.45, 7) is 9.05. The third-order valence-corrected chi connectivity index (χ3v) is 13.7. The van der Waals surface area contributed by atoms with Gasteiger partial charge in [0.2, 0.25) is 5.69 Å². The topological polar surface area (TPSA) is 38.0 Å². The number of fused-ring (bicyclic) bond motifs is 8. The maximum atomic E-state index is 11.6. The number of para-hydroxylation sites is 4. The molecule has 0 N–H and O–H groups in total. The summed E-state index contributed by atoms with van der Waals surface area (Å²) in [6.07, 6.45) is 0. The van der Waals surface area contributed by atoms with Crippen molar-refractivity contribution in [2.75, 3.05) is 0 Å². The van der Waals surface area contributed by atoms with Gasteiger partial charge in [0.05, 0.1) is 34.2 Å². The molecule has 0 saturated carbocycles. The van der Waals surface area contributed by atoms with Crippen LogP contribution in [0, 0.1) is 17.9 Å². The summed E-state index contributed by atoms with van der Waals surface area (Å²) in [5, 5.41) is 20.7. The Hall–Kier alpha value is -9.48. The molecule has 2 heterocycles. The highest BCUT2D eigenvalue weighted by Gasteiger charge is 2.28. The molecule has 0 aliphatic heterocycles. The van der Waals surface area contributed by atoms with Crippen molar-refractivity contribution in [2.45, 2.75) is 0 Å². The van der Waals surface area contributed by atoms with Crippen molar-refractivity contribution in [2.24, 2.45) is 0 Å². The summed E-state index contributed by atoms with van der Waals surface area (Å²) in [7, 11) is 0. The maximum Gasteiger partial charge on any atom is 0.203 e. The number of aromatic nitrogens is 2. The number of hydrogen-bond donors (Lipinski definition) is 0. The van der Waals surface area contributed by atoms with Crippen LogP contribution in [0.4, 0.5) is 5.69 Å². The molecule has 13 rings (SSSR count). The van der Waals surface area contributed by atoms with Crippen molar-refractivity contribution in [1.29, 1.82) is 5.26 Å². The Kier molecular flexibility index (Phi) is 8.93. The van der Waals surface area contributed by atoms with Gasteiger partial charge in [-0.25, -0.2) is 4.85 Å². The van der Waals surface area contributed by atoms with Gasteiger partial charge in [0.25, 0.3) is 0 Å². The van der Waals surface area contributed by atoms with Crippen LogP contribution < -0.4 is 0 Å². The Labute approximate surface area is 392 Å². The number of rotatable bonds is 6. The SMILES string of the molecule is [C-]#[N+]c1c(-c2ccccc2)c(-c2ccc3cc(-n4c5ccccc5c5ccccc54)ccc3c2)c(C#N)c(-c2ccccc2)c1-c1ccc2cc(-n3c4ccccc4c4ccccc43)ccc2c1. The molecule has 314 valence electrons. The fraction of sp³-hybridized carbons (Fsp3) is 0. The van der Waals surface area contributed by atoms with Crippen LogP contribution in [0.15, 0.2) is 231 Å². The molecule has 0 spiro atoms. The first kappa shape index (κ1) is 38.9. The fourth-order valence-electron chi connectivity index (χ4n) is 10.8. The van der Waals surface area contributed by atoms with E-state index in [4.69, 9.17) is 6.57 Å². The normalized spacial score (nSPS) is 11.5. The van der Waals surface area contributed by atoms with E-state index in [-0.39, 0.29) is 0 Å². The maximum absolute atomic E-state index is 11.6. The summed E-state index contributed by atoms with van der Waals surface area (Å²) >= 11 is 0. The minimum absolute atomic E-state index is 0.507. The third kappa shape index (κ3) is 5.99. The quantitative estimate of drug-likeness (QED) is 0.154. The van der Waals surface area contributed by atoms with Gasteiger partial charge in [0.15, 0.2) is 0 Å². The van der Waals surface area contributed by atoms with E-state index in [1.807, 2.05) is 36.4 Å². The summed E-state index contributed by atoms with van der Waals surface area (Å²) < 4.78 is 4.67. The molecular formula is C64H38N4. The molecule has 0 fully saturated rings. The van der Waals surface area contributed by atoms with Crippen LogP contribution in [0.25, 0.3) is 126 Å². The number of hydrogen-bond acceptors (Lipinski definition) is 1. The lowest BCUT2D eigenvalue weighted by Crippen LogP contribution is -1.99. The largest absolute Gasteiger partial charge is 0.309 e. The second kappa shape index (κ2) is 15.6. The predicted molar refractivity (Wildman–Crippen MR) is 283 cm³/mol. The lowest BCUT2D eigenvalue weighted by atomic mass is 9.79. The monoisotopic (exact) mass is 862 g/mol. The minimum Gasteiger partial charge on any atom is -0.309 e. The Morgan fingerprint density at radius 1 is 0.338 bits per heavy atom. The van der Waals surface area contributed by atoms with Gasteiger partial charge < -0.3 is 9.13 Å². The highest BCUT2D eigenvalue weighted by atomic mass is 15.0. The van der Waals surface area contributed by atoms with E-state index in [9.17, 15) is 5.26 Å². The highest BCUT2D eigenvalue weighted by molar-refractivity contribution is 6.13. The van der Waals surface area contributed by atoms with Crippen molar-refractivity contribution in [3.8, 4) is 62.0 Å². The standard InChI is InChI=1S/C64H38N4/c1-66-64-62(42-18-6-3-7-19-42)61(47-30-28-45-38-49(34-32-43(45)36-47)67-56-24-12-8-20-51(56)52-21-9-13-25-57(52)67)55(40-65)60(41-16-4-2-5-17-41)63(64)48-31-29-46-39-50(35-33-44(46)37-48)68-58-26-14-10-22-53(58)54-23-11-15-27-59(54)68/h2-39H. The zero-order chi connectivity index (χ0) is 45.3. The lowest BCUT2D eigenvalue weighted by molar-refractivity contribution is 1.19. The van der Waals surface area contributed by atoms with Crippen molar-refractivity contribution < 1.29 is 0 Å². The van der Waals surface area contributed by atoms with Crippen LogP contribution in [0.1, 0.15) is 5.56 Å². The van der Waals surface area contributed by atoms with Crippen LogP contribution in [0.3, 0.4) is 0 Å². The van der Waals surface area contributed by atoms with E-state index in [0.29, 0.717) is 11.3 Å². The van der Waals surface area contributed by atoms with Crippen molar-refractivity contribution in [3.63, 3.8) is 0 Å². The van der Waals surface area contributed by atoms with E-state index >= 15 is 0 Å². The van der Waals surface area contributed by atoms with Gasteiger partial charge in [-0.15, -0.1) is 0 Å². The Morgan fingerprint density at radius 2 is 0.676 bits per heavy atom.